The number of anilines is 3. The Kier molecular flexibility index (Phi) is 3.63. The first-order valence-electron chi connectivity index (χ1n) is 7.16. The van der Waals surface area contributed by atoms with Gasteiger partial charge in [0.05, 0.1) is 21.1 Å². The van der Waals surface area contributed by atoms with E-state index < -0.39 is 0 Å². The molecule has 0 atom stereocenters. The molecule has 0 saturated carbocycles. The lowest BCUT2D eigenvalue weighted by Crippen LogP contribution is -1.99. The minimum absolute atomic E-state index is 0.130. The average Bonchev–Trinajstić information content (AvgIpc) is 3.10. The highest BCUT2D eigenvalue weighted by molar-refractivity contribution is 6.39. The van der Waals surface area contributed by atoms with Crippen LogP contribution in [0.3, 0.4) is 0 Å². The number of halogens is 2. The van der Waals surface area contributed by atoms with Gasteiger partial charge in [-0.2, -0.15) is 4.98 Å². The maximum absolute atomic E-state index is 11.4. The molecule has 6 N–H and O–H groups in total. The number of aromatic nitrogens is 5. The molecular weight excluding hydrogens is 365 g/mol. The summed E-state index contributed by atoms with van der Waals surface area (Å²) in [4.78, 5) is 20.8. The number of fused-ring (bicyclic) bond motifs is 1. The van der Waals surface area contributed by atoms with Gasteiger partial charge >= 0.3 is 5.69 Å². The average molecular weight is 376 g/mol. The van der Waals surface area contributed by atoms with E-state index in [1.54, 1.807) is 18.2 Å². The number of nitrogens with zero attached hydrogens (tertiary/aromatic N) is 2. The molecule has 0 bridgehead atoms. The highest BCUT2D eigenvalue weighted by Crippen LogP contribution is 2.38. The lowest BCUT2D eigenvalue weighted by molar-refractivity contribution is 1.10. The molecule has 4 rings (SSSR count). The lowest BCUT2D eigenvalue weighted by Gasteiger charge is -2.11. The Morgan fingerprint density at radius 1 is 1.04 bits per heavy atom. The van der Waals surface area contributed by atoms with Crippen LogP contribution < -0.4 is 16.7 Å². The Balaban J connectivity index is 1.75. The third-order valence-corrected chi connectivity index (χ3v) is 4.21. The number of imidazole rings is 1. The van der Waals surface area contributed by atoms with Crippen molar-refractivity contribution in [3.8, 4) is 11.1 Å². The summed E-state index contributed by atoms with van der Waals surface area (Å²) >= 11 is 12.8. The number of nitrogens with two attached hydrogens (primary N) is 1. The molecule has 10 heteroatoms. The third-order valence-electron chi connectivity index (χ3n) is 3.61. The predicted molar refractivity (Wildman–Crippen MR) is 98.5 cm³/mol. The Hall–Kier alpha value is -2.97. The fourth-order valence-electron chi connectivity index (χ4n) is 2.58. The number of H-pyrrole nitrogens is 3. The maximum atomic E-state index is 11.4. The SMILES string of the molecule is Nc1n[nH]c(Nc2cc(Cl)c(-c3ccc4[nH]c(=O)[nH]c4c3)c(Cl)c2)n1. The van der Waals surface area contributed by atoms with Crippen LogP contribution in [0.5, 0.6) is 0 Å². The highest BCUT2D eigenvalue weighted by atomic mass is 35.5. The smallest absolute Gasteiger partial charge is 0.323 e. The van der Waals surface area contributed by atoms with E-state index in [4.69, 9.17) is 28.9 Å². The quantitative estimate of drug-likeness (QED) is 0.375. The summed E-state index contributed by atoms with van der Waals surface area (Å²) in [5, 5.41) is 10.3. The van der Waals surface area contributed by atoms with E-state index in [0.29, 0.717) is 38.3 Å². The van der Waals surface area contributed by atoms with Crippen molar-refractivity contribution in [1.82, 2.24) is 25.1 Å². The van der Waals surface area contributed by atoms with Crippen molar-refractivity contribution < 1.29 is 0 Å². The number of hydrogen-bond donors (Lipinski definition) is 5. The van der Waals surface area contributed by atoms with E-state index in [1.165, 1.54) is 0 Å². The van der Waals surface area contributed by atoms with Gasteiger partial charge in [-0.3, -0.25) is 0 Å². The van der Waals surface area contributed by atoms with Gasteiger partial charge in [0, 0.05) is 11.3 Å². The van der Waals surface area contributed by atoms with Crippen LogP contribution in [-0.2, 0) is 0 Å². The fourth-order valence-corrected chi connectivity index (χ4v) is 3.28. The number of nitrogens with one attached hydrogen (secondary N) is 4. The molecule has 2 heterocycles. The van der Waals surface area contributed by atoms with Crippen LogP contribution in [0, 0.1) is 0 Å². The summed E-state index contributed by atoms with van der Waals surface area (Å²) < 4.78 is 0. The summed E-state index contributed by atoms with van der Waals surface area (Å²) in [5.74, 6) is 0.508. The van der Waals surface area contributed by atoms with Gasteiger partial charge in [-0.05, 0) is 29.8 Å². The number of aromatic amines is 3. The van der Waals surface area contributed by atoms with Crippen LogP contribution in [0.2, 0.25) is 10.0 Å². The number of rotatable bonds is 3. The molecule has 25 heavy (non-hydrogen) atoms. The van der Waals surface area contributed by atoms with Crippen LogP contribution in [0.4, 0.5) is 17.6 Å². The Morgan fingerprint density at radius 3 is 2.44 bits per heavy atom. The first-order valence-corrected chi connectivity index (χ1v) is 7.91. The van der Waals surface area contributed by atoms with E-state index in [0.717, 1.165) is 5.56 Å². The molecule has 2 aromatic heterocycles. The monoisotopic (exact) mass is 375 g/mol. The summed E-state index contributed by atoms with van der Waals surface area (Å²) in [5.41, 5.74) is 8.66. The zero-order valence-electron chi connectivity index (χ0n) is 12.5. The lowest BCUT2D eigenvalue weighted by atomic mass is 10.0. The zero-order valence-corrected chi connectivity index (χ0v) is 14.0. The molecule has 0 saturated heterocycles. The van der Waals surface area contributed by atoms with E-state index in [9.17, 15) is 4.79 Å². The number of benzene rings is 2. The van der Waals surface area contributed by atoms with Gasteiger partial charge in [0.1, 0.15) is 0 Å². The molecule has 0 fully saturated rings. The molecular formula is C15H11Cl2N7O. The first kappa shape index (κ1) is 15.6. The van der Waals surface area contributed by atoms with Crippen molar-refractivity contribution in [2.75, 3.05) is 11.1 Å². The minimum Gasteiger partial charge on any atom is -0.366 e. The van der Waals surface area contributed by atoms with Gasteiger partial charge in [-0.1, -0.05) is 29.3 Å². The summed E-state index contributed by atoms with van der Waals surface area (Å²) in [7, 11) is 0. The van der Waals surface area contributed by atoms with Crippen molar-refractivity contribution in [1.29, 1.82) is 0 Å². The third kappa shape index (κ3) is 2.92. The Bertz CT molecular complexity index is 1120. The van der Waals surface area contributed by atoms with Crippen molar-refractivity contribution in [3.63, 3.8) is 0 Å². The molecule has 0 unspecified atom stereocenters. The number of hydrogen-bond acceptors (Lipinski definition) is 5. The van der Waals surface area contributed by atoms with Crippen LogP contribution in [0.25, 0.3) is 22.2 Å². The summed E-state index contributed by atoms with van der Waals surface area (Å²) in [6.45, 7) is 0. The highest BCUT2D eigenvalue weighted by Gasteiger charge is 2.13. The van der Waals surface area contributed by atoms with Gasteiger partial charge < -0.3 is 21.0 Å². The van der Waals surface area contributed by atoms with Crippen molar-refractivity contribution in [3.05, 3.63) is 50.9 Å². The van der Waals surface area contributed by atoms with E-state index >= 15 is 0 Å². The molecule has 0 radical (unpaired) electrons. The standard InChI is InChI=1S/C15H11Cl2N7O/c16-8-4-7(19-14-22-13(18)23-24-14)5-9(17)12(8)6-1-2-10-11(3-6)21-15(25)20-10/h1-5H,(H2,20,21,25)(H4,18,19,22,23,24). The summed E-state index contributed by atoms with van der Waals surface area (Å²) in [6.07, 6.45) is 0. The van der Waals surface area contributed by atoms with Crippen LogP contribution in [0.15, 0.2) is 35.1 Å². The van der Waals surface area contributed by atoms with Crippen molar-refractivity contribution in [2.45, 2.75) is 0 Å². The molecule has 126 valence electrons. The Labute approximate surface area is 150 Å². The van der Waals surface area contributed by atoms with Crippen LogP contribution in [0.1, 0.15) is 0 Å². The maximum Gasteiger partial charge on any atom is 0.323 e. The second kappa shape index (κ2) is 5.83. The normalized spacial score (nSPS) is 11.1. The molecule has 0 aliphatic rings. The van der Waals surface area contributed by atoms with Gasteiger partial charge in [0.25, 0.3) is 0 Å². The van der Waals surface area contributed by atoms with E-state index in [1.807, 2.05) is 12.1 Å². The zero-order chi connectivity index (χ0) is 17.6. The molecule has 4 aromatic rings. The van der Waals surface area contributed by atoms with E-state index in [2.05, 4.69) is 30.5 Å². The number of nitrogen functional groups attached to an aromatic ring is 1. The molecule has 0 amide bonds. The van der Waals surface area contributed by atoms with E-state index in [-0.39, 0.29) is 11.6 Å². The first-order chi connectivity index (χ1) is 12.0. The molecule has 8 nitrogen and oxygen atoms in total. The van der Waals surface area contributed by atoms with Gasteiger partial charge in [0.15, 0.2) is 0 Å². The molecule has 0 aliphatic heterocycles. The van der Waals surface area contributed by atoms with Gasteiger partial charge in [0.2, 0.25) is 11.9 Å². The van der Waals surface area contributed by atoms with Crippen LogP contribution in [-0.4, -0.2) is 25.1 Å². The molecule has 0 aliphatic carbocycles. The second-order valence-electron chi connectivity index (χ2n) is 5.32. The van der Waals surface area contributed by atoms with Crippen molar-refractivity contribution >= 4 is 51.8 Å². The largest absolute Gasteiger partial charge is 0.366 e. The predicted octanol–water partition coefficient (Wildman–Crippen LogP) is 3.27. The Morgan fingerprint density at radius 2 is 1.76 bits per heavy atom. The minimum atomic E-state index is -0.268. The van der Waals surface area contributed by atoms with Crippen LogP contribution >= 0.6 is 23.2 Å². The van der Waals surface area contributed by atoms with Crippen molar-refractivity contribution in [2.24, 2.45) is 0 Å². The molecule has 0 spiro atoms. The van der Waals surface area contributed by atoms with Gasteiger partial charge in [-0.15, -0.1) is 5.10 Å². The second-order valence-corrected chi connectivity index (χ2v) is 6.14. The van der Waals surface area contributed by atoms with Gasteiger partial charge in [-0.25, -0.2) is 9.89 Å². The topological polar surface area (TPSA) is 128 Å². The molecule has 2 aromatic carbocycles. The summed E-state index contributed by atoms with van der Waals surface area (Å²) in [6, 6.07) is 8.86. The fraction of sp³-hybridized carbons (Fsp3) is 0.